The smallest absolute Gasteiger partial charge is 0.381 e. The van der Waals surface area contributed by atoms with Crippen molar-refractivity contribution in [3.8, 4) is 0 Å². The van der Waals surface area contributed by atoms with Gasteiger partial charge in [0.1, 0.15) is 10.6 Å². The maximum Gasteiger partial charge on any atom is 0.433 e. The summed E-state index contributed by atoms with van der Waals surface area (Å²) in [5, 5.41) is 0. The molecule has 0 N–H and O–H groups in total. The van der Waals surface area contributed by atoms with Gasteiger partial charge in [-0.1, -0.05) is 0 Å². The van der Waals surface area contributed by atoms with Crippen molar-refractivity contribution in [2.24, 2.45) is 11.3 Å². The maximum atomic E-state index is 12.8. The van der Waals surface area contributed by atoms with E-state index in [1.165, 1.54) is 11.2 Å². The third-order valence-electron chi connectivity index (χ3n) is 5.97. The van der Waals surface area contributed by atoms with Crippen LogP contribution in [0.25, 0.3) is 0 Å². The van der Waals surface area contributed by atoms with E-state index in [-0.39, 0.29) is 16.0 Å². The first kappa shape index (κ1) is 19.1. The summed E-state index contributed by atoms with van der Waals surface area (Å²) in [6.45, 7) is 7.54. The van der Waals surface area contributed by atoms with Gasteiger partial charge in [0.2, 0.25) is 10.0 Å². The predicted octanol–water partition coefficient (Wildman–Crippen LogP) is 1.75. The minimum Gasteiger partial charge on any atom is -0.381 e. The lowest BCUT2D eigenvalue weighted by Crippen LogP contribution is -2.74. The molecule has 6 nitrogen and oxygen atoms in total. The summed E-state index contributed by atoms with van der Waals surface area (Å²) in [4.78, 5) is 5.64. The molecule has 3 saturated heterocycles. The van der Waals surface area contributed by atoms with Crippen molar-refractivity contribution in [2.45, 2.75) is 31.0 Å². The number of sulfonamides is 1. The molecule has 0 radical (unpaired) electrons. The molecule has 4 heterocycles. The molecular weight excluding hydrogens is 383 g/mol. The molecule has 0 unspecified atom stereocenters. The lowest BCUT2D eigenvalue weighted by molar-refractivity contribution is -0.141. The van der Waals surface area contributed by atoms with E-state index < -0.39 is 21.9 Å². The summed E-state index contributed by atoms with van der Waals surface area (Å²) in [5.74, 6) is 0.545. The number of rotatable bonds is 4. The Labute approximate surface area is 156 Å². The normalized spacial score (nSPS) is 24.9. The molecular formula is C17H22F3N3O3S. The summed E-state index contributed by atoms with van der Waals surface area (Å²) in [6, 6.07) is 2.16. The van der Waals surface area contributed by atoms with E-state index in [9.17, 15) is 21.6 Å². The molecule has 27 heavy (non-hydrogen) atoms. The van der Waals surface area contributed by atoms with E-state index in [0.717, 1.165) is 38.4 Å². The van der Waals surface area contributed by atoms with Crippen LogP contribution in [-0.4, -0.2) is 68.0 Å². The number of aromatic nitrogens is 1. The van der Waals surface area contributed by atoms with Gasteiger partial charge in [-0.05, 0) is 26.0 Å². The van der Waals surface area contributed by atoms with Gasteiger partial charge in [0.15, 0.2) is 0 Å². The highest BCUT2D eigenvalue weighted by molar-refractivity contribution is 7.89. The number of aryl methyl sites for hydroxylation is 1. The number of alkyl halides is 3. The van der Waals surface area contributed by atoms with Crippen molar-refractivity contribution in [1.29, 1.82) is 0 Å². The standard InChI is InChI=1S/C17H22F3N3O3S/c1-11-14(3-4-15(21-11)17(18,19)20)27(24,25)23-9-16(10-23)7-22(8-16)12(2)13-5-26-6-13/h3-4,12-13H,5-10H2,1-2H3/t12-/m1/s1. The van der Waals surface area contributed by atoms with Crippen LogP contribution in [0.3, 0.4) is 0 Å². The van der Waals surface area contributed by atoms with Crippen molar-refractivity contribution in [3.63, 3.8) is 0 Å². The molecule has 150 valence electrons. The number of hydrogen-bond donors (Lipinski definition) is 0. The second kappa shape index (κ2) is 6.13. The van der Waals surface area contributed by atoms with Gasteiger partial charge in [0.05, 0.1) is 18.9 Å². The first-order chi connectivity index (χ1) is 12.5. The Hall–Kier alpha value is -1.23. The number of nitrogens with zero attached hydrogens (tertiary/aromatic N) is 3. The third kappa shape index (κ3) is 3.16. The van der Waals surface area contributed by atoms with Crippen molar-refractivity contribution >= 4 is 10.0 Å². The lowest BCUT2D eigenvalue weighted by atomic mass is 9.73. The molecule has 0 aliphatic carbocycles. The molecule has 1 aromatic heterocycles. The van der Waals surface area contributed by atoms with E-state index in [0.29, 0.717) is 25.0 Å². The SMILES string of the molecule is Cc1nc(C(F)(F)F)ccc1S(=O)(=O)N1CC2(CN([C@H](C)C3COC3)C2)C1. The molecule has 1 spiro atoms. The van der Waals surface area contributed by atoms with Gasteiger partial charge >= 0.3 is 6.18 Å². The van der Waals surface area contributed by atoms with E-state index >= 15 is 0 Å². The van der Waals surface area contributed by atoms with Crippen LogP contribution in [0.5, 0.6) is 0 Å². The van der Waals surface area contributed by atoms with E-state index in [1.54, 1.807) is 0 Å². The van der Waals surface area contributed by atoms with Gasteiger partial charge < -0.3 is 4.74 Å². The van der Waals surface area contributed by atoms with Crippen LogP contribution in [-0.2, 0) is 20.9 Å². The zero-order valence-corrected chi connectivity index (χ0v) is 16.0. The molecule has 0 aromatic carbocycles. The van der Waals surface area contributed by atoms with Gasteiger partial charge in [-0.2, -0.15) is 17.5 Å². The van der Waals surface area contributed by atoms with Crippen LogP contribution >= 0.6 is 0 Å². The van der Waals surface area contributed by atoms with Crippen LogP contribution in [0.1, 0.15) is 18.3 Å². The fourth-order valence-corrected chi connectivity index (χ4v) is 5.95. The summed E-state index contributed by atoms with van der Waals surface area (Å²) in [5.41, 5.74) is -1.23. The molecule has 4 rings (SSSR count). The predicted molar refractivity (Wildman–Crippen MR) is 90.5 cm³/mol. The highest BCUT2D eigenvalue weighted by Crippen LogP contribution is 2.44. The monoisotopic (exact) mass is 405 g/mol. The van der Waals surface area contributed by atoms with Gasteiger partial charge in [-0.25, -0.2) is 13.4 Å². The number of ether oxygens (including phenoxy) is 1. The molecule has 1 atom stereocenters. The third-order valence-corrected chi connectivity index (χ3v) is 7.89. The second-order valence-electron chi connectivity index (χ2n) is 7.99. The molecule has 10 heteroatoms. The summed E-state index contributed by atoms with van der Waals surface area (Å²) in [7, 11) is -3.82. The van der Waals surface area contributed by atoms with Crippen LogP contribution < -0.4 is 0 Å². The fourth-order valence-electron chi connectivity index (χ4n) is 4.12. The fraction of sp³-hybridized carbons (Fsp3) is 0.706. The van der Waals surface area contributed by atoms with E-state index in [4.69, 9.17) is 4.74 Å². The van der Waals surface area contributed by atoms with E-state index in [2.05, 4.69) is 16.8 Å². The Morgan fingerprint density at radius 3 is 2.33 bits per heavy atom. The average Bonchev–Trinajstić information content (AvgIpc) is 2.40. The van der Waals surface area contributed by atoms with Crippen LogP contribution in [0, 0.1) is 18.3 Å². The average molecular weight is 405 g/mol. The summed E-state index contributed by atoms with van der Waals surface area (Å²) < 4.78 is 70.4. The first-order valence-corrected chi connectivity index (χ1v) is 10.3. The molecule has 0 saturated carbocycles. The zero-order valence-electron chi connectivity index (χ0n) is 15.2. The van der Waals surface area contributed by atoms with Crippen molar-refractivity contribution < 1.29 is 26.3 Å². The Bertz CT molecular complexity index is 841. The van der Waals surface area contributed by atoms with Gasteiger partial charge in [0, 0.05) is 43.6 Å². The van der Waals surface area contributed by atoms with Crippen LogP contribution in [0.4, 0.5) is 13.2 Å². The van der Waals surface area contributed by atoms with Gasteiger partial charge in [-0.3, -0.25) is 4.90 Å². The van der Waals surface area contributed by atoms with Crippen LogP contribution in [0.15, 0.2) is 17.0 Å². The minimum atomic E-state index is -4.59. The lowest BCUT2D eigenvalue weighted by Gasteiger charge is -2.62. The highest BCUT2D eigenvalue weighted by atomic mass is 32.2. The summed E-state index contributed by atoms with van der Waals surface area (Å²) in [6.07, 6.45) is -4.59. The van der Waals surface area contributed by atoms with Crippen molar-refractivity contribution in [2.75, 3.05) is 39.4 Å². The molecule has 3 fully saturated rings. The molecule has 0 bridgehead atoms. The van der Waals surface area contributed by atoms with Crippen LogP contribution in [0.2, 0.25) is 0 Å². The maximum absolute atomic E-state index is 12.8. The van der Waals surface area contributed by atoms with E-state index in [1.807, 2.05) is 0 Å². The highest BCUT2D eigenvalue weighted by Gasteiger charge is 2.56. The van der Waals surface area contributed by atoms with Crippen molar-refractivity contribution in [1.82, 2.24) is 14.2 Å². The largest absolute Gasteiger partial charge is 0.433 e. The molecule has 3 aliphatic heterocycles. The van der Waals surface area contributed by atoms with Gasteiger partial charge in [0.25, 0.3) is 0 Å². The number of hydrogen-bond acceptors (Lipinski definition) is 5. The quantitative estimate of drug-likeness (QED) is 0.764. The number of pyridine rings is 1. The first-order valence-electron chi connectivity index (χ1n) is 8.89. The van der Waals surface area contributed by atoms with Crippen molar-refractivity contribution in [3.05, 3.63) is 23.5 Å². The molecule has 1 aromatic rings. The topological polar surface area (TPSA) is 62.7 Å². The Kier molecular flexibility index (Phi) is 4.34. The molecule has 3 aliphatic rings. The summed E-state index contributed by atoms with van der Waals surface area (Å²) >= 11 is 0. The van der Waals surface area contributed by atoms with Gasteiger partial charge in [-0.15, -0.1) is 0 Å². The number of halogens is 3. The second-order valence-corrected chi connectivity index (χ2v) is 9.90. The Morgan fingerprint density at radius 1 is 1.22 bits per heavy atom. The number of likely N-dealkylation sites (tertiary alicyclic amines) is 1. The minimum absolute atomic E-state index is 0.0286. The zero-order chi connectivity index (χ0) is 19.6. The Balaban J connectivity index is 1.40. The Morgan fingerprint density at radius 2 is 1.85 bits per heavy atom. The molecule has 0 amide bonds.